The minimum atomic E-state index is -0.180. The van der Waals surface area contributed by atoms with E-state index in [0.29, 0.717) is 23.8 Å². The lowest BCUT2D eigenvalue weighted by molar-refractivity contribution is -0.122. The van der Waals surface area contributed by atoms with Crippen molar-refractivity contribution >= 4 is 11.8 Å². The average molecular weight is 313 g/mol. The van der Waals surface area contributed by atoms with E-state index in [1.807, 2.05) is 36.6 Å². The van der Waals surface area contributed by atoms with Gasteiger partial charge in [-0.25, -0.2) is 4.98 Å². The highest BCUT2D eigenvalue weighted by atomic mass is 16.2. The molecular weight excluding hydrogens is 294 g/mol. The minimum Gasteiger partial charge on any atom is -0.354 e. The van der Waals surface area contributed by atoms with Gasteiger partial charge in [-0.1, -0.05) is 6.07 Å². The number of fused-ring (bicyclic) bond motifs is 1. The molecule has 1 aliphatic rings. The van der Waals surface area contributed by atoms with Gasteiger partial charge in [0.05, 0.1) is 12.2 Å². The summed E-state index contributed by atoms with van der Waals surface area (Å²) in [5, 5.41) is 5.69. The molecule has 0 saturated carbocycles. The summed E-state index contributed by atoms with van der Waals surface area (Å²) in [4.78, 5) is 32.8. The van der Waals surface area contributed by atoms with Gasteiger partial charge in [0, 0.05) is 25.2 Å². The number of carbonyl (C=O) groups excluding carboxylic acids is 2. The molecule has 2 amide bonds. The van der Waals surface area contributed by atoms with Crippen molar-refractivity contribution in [1.82, 2.24) is 25.2 Å². The Labute approximate surface area is 134 Å². The molecule has 7 heteroatoms. The van der Waals surface area contributed by atoms with Crippen LogP contribution in [0, 0.1) is 0 Å². The largest absolute Gasteiger partial charge is 0.354 e. The first-order chi connectivity index (χ1) is 11.1. The van der Waals surface area contributed by atoms with Crippen molar-refractivity contribution in [3.63, 3.8) is 0 Å². The van der Waals surface area contributed by atoms with Crippen molar-refractivity contribution in [3.05, 3.63) is 36.3 Å². The minimum absolute atomic E-state index is 0.0484. The smallest absolute Gasteiger partial charge is 0.269 e. The Balaban J connectivity index is 1.95. The lowest BCUT2D eigenvalue weighted by Crippen LogP contribution is -2.42. The molecular formula is C16H19N5O2. The number of nitrogens with one attached hydrogen (secondary N) is 2. The predicted octanol–water partition coefficient (Wildman–Crippen LogP) is 1.14. The highest BCUT2D eigenvalue weighted by molar-refractivity contribution is 5.94. The Morgan fingerprint density at radius 3 is 2.96 bits per heavy atom. The summed E-state index contributed by atoms with van der Waals surface area (Å²) in [5.74, 6) is 0.380. The number of amides is 2. The van der Waals surface area contributed by atoms with E-state index in [4.69, 9.17) is 0 Å². The quantitative estimate of drug-likeness (QED) is 0.886. The van der Waals surface area contributed by atoms with Gasteiger partial charge in [0.25, 0.3) is 5.91 Å². The van der Waals surface area contributed by atoms with Crippen LogP contribution in [-0.4, -0.2) is 38.9 Å². The van der Waals surface area contributed by atoms with Crippen LogP contribution in [0.3, 0.4) is 0 Å². The topological polar surface area (TPSA) is 88.9 Å². The third-order valence-corrected chi connectivity index (χ3v) is 3.66. The van der Waals surface area contributed by atoms with Crippen LogP contribution in [0.2, 0.25) is 0 Å². The first-order valence-electron chi connectivity index (χ1n) is 7.62. The van der Waals surface area contributed by atoms with Crippen LogP contribution in [-0.2, 0) is 4.79 Å². The predicted molar refractivity (Wildman–Crippen MR) is 84.7 cm³/mol. The van der Waals surface area contributed by atoms with Crippen LogP contribution < -0.4 is 10.6 Å². The van der Waals surface area contributed by atoms with Gasteiger partial charge in [-0.15, -0.1) is 0 Å². The van der Waals surface area contributed by atoms with Crippen molar-refractivity contribution in [2.24, 2.45) is 0 Å². The number of hydrogen-bond acceptors (Lipinski definition) is 4. The van der Waals surface area contributed by atoms with E-state index in [1.165, 1.54) is 6.20 Å². The molecule has 0 aromatic carbocycles. The Hall–Kier alpha value is -2.70. The Morgan fingerprint density at radius 1 is 1.43 bits per heavy atom. The van der Waals surface area contributed by atoms with Crippen LogP contribution in [0.25, 0.3) is 11.5 Å². The SMILES string of the molecule is CC(C)NC(=O)CC1CNC(=O)c2cnc(-c3ccccn3)n21. The Morgan fingerprint density at radius 2 is 2.26 bits per heavy atom. The zero-order chi connectivity index (χ0) is 16.4. The van der Waals surface area contributed by atoms with Crippen molar-refractivity contribution in [1.29, 1.82) is 0 Å². The monoisotopic (exact) mass is 313 g/mol. The Kier molecular flexibility index (Phi) is 4.10. The summed E-state index contributed by atoms with van der Waals surface area (Å²) in [5.41, 5.74) is 1.14. The van der Waals surface area contributed by atoms with Crippen molar-refractivity contribution < 1.29 is 9.59 Å². The van der Waals surface area contributed by atoms with Gasteiger partial charge in [0.1, 0.15) is 11.4 Å². The van der Waals surface area contributed by atoms with E-state index < -0.39 is 0 Å². The van der Waals surface area contributed by atoms with Gasteiger partial charge in [-0.3, -0.25) is 14.6 Å². The molecule has 1 unspecified atom stereocenters. The fraction of sp³-hybridized carbons (Fsp3) is 0.375. The molecule has 2 aromatic heterocycles. The molecule has 0 radical (unpaired) electrons. The van der Waals surface area contributed by atoms with E-state index in [-0.39, 0.29) is 30.3 Å². The molecule has 1 atom stereocenters. The van der Waals surface area contributed by atoms with Crippen molar-refractivity contribution in [2.45, 2.75) is 32.4 Å². The molecule has 23 heavy (non-hydrogen) atoms. The molecule has 0 aliphatic carbocycles. The van der Waals surface area contributed by atoms with Gasteiger partial charge in [0.2, 0.25) is 5.91 Å². The molecule has 2 aromatic rings. The van der Waals surface area contributed by atoms with Gasteiger partial charge >= 0.3 is 0 Å². The highest BCUT2D eigenvalue weighted by Gasteiger charge is 2.30. The second-order valence-electron chi connectivity index (χ2n) is 5.84. The second-order valence-corrected chi connectivity index (χ2v) is 5.84. The Bertz CT molecular complexity index is 723. The number of rotatable bonds is 4. The zero-order valence-electron chi connectivity index (χ0n) is 13.1. The summed E-state index contributed by atoms with van der Waals surface area (Å²) in [6.07, 6.45) is 3.49. The van der Waals surface area contributed by atoms with Gasteiger partial charge in [-0.2, -0.15) is 0 Å². The van der Waals surface area contributed by atoms with E-state index in [1.54, 1.807) is 6.20 Å². The first kappa shape index (κ1) is 15.2. The lowest BCUT2D eigenvalue weighted by atomic mass is 10.1. The van der Waals surface area contributed by atoms with Crippen molar-refractivity contribution in [3.8, 4) is 11.5 Å². The maximum atomic E-state index is 12.1. The molecule has 120 valence electrons. The molecule has 0 fully saturated rings. The highest BCUT2D eigenvalue weighted by Crippen LogP contribution is 2.26. The molecule has 0 saturated heterocycles. The average Bonchev–Trinajstić information content (AvgIpc) is 2.96. The van der Waals surface area contributed by atoms with E-state index >= 15 is 0 Å². The molecule has 0 spiro atoms. The molecule has 3 rings (SSSR count). The number of nitrogens with zero attached hydrogens (tertiary/aromatic N) is 3. The first-order valence-corrected chi connectivity index (χ1v) is 7.62. The van der Waals surface area contributed by atoms with Crippen LogP contribution in [0.1, 0.15) is 36.8 Å². The fourth-order valence-corrected chi connectivity index (χ4v) is 2.73. The standard InChI is InChI=1S/C16H19N5O2/c1-10(2)20-14(22)7-11-8-19-16(23)13-9-18-15(21(11)13)12-5-3-4-6-17-12/h3-6,9-11H,7-8H2,1-2H3,(H,19,23)(H,20,22). The second kappa shape index (κ2) is 6.20. The summed E-state index contributed by atoms with van der Waals surface area (Å²) < 4.78 is 1.82. The maximum absolute atomic E-state index is 12.1. The maximum Gasteiger partial charge on any atom is 0.269 e. The summed E-state index contributed by atoms with van der Waals surface area (Å²) >= 11 is 0. The van der Waals surface area contributed by atoms with Crippen LogP contribution >= 0.6 is 0 Å². The number of hydrogen-bond donors (Lipinski definition) is 2. The fourth-order valence-electron chi connectivity index (χ4n) is 2.73. The van der Waals surface area contributed by atoms with Gasteiger partial charge in [0.15, 0.2) is 5.82 Å². The third kappa shape index (κ3) is 3.08. The molecule has 7 nitrogen and oxygen atoms in total. The number of imidazole rings is 1. The normalized spacial score (nSPS) is 16.8. The van der Waals surface area contributed by atoms with Crippen LogP contribution in [0.15, 0.2) is 30.6 Å². The molecule has 0 bridgehead atoms. The zero-order valence-corrected chi connectivity index (χ0v) is 13.1. The lowest BCUT2D eigenvalue weighted by Gasteiger charge is -2.27. The third-order valence-electron chi connectivity index (χ3n) is 3.66. The number of carbonyl (C=O) groups is 2. The number of aromatic nitrogens is 3. The van der Waals surface area contributed by atoms with Crippen molar-refractivity contribution in [2.75, 3.05) is 6.54 Å². The van der Waals surface area contributed by atoms with Crippen LogP contribution in [0.4, 0.5) is 0 Å². The van der Waals surface area contributed by atoms with E-state index in [9.17, 15) is 9.59 Å². The van der Waals surface area contributed by atoms with E-state index in [2.05, 4.69) is 20.6 Å². The molecule has 2 N–H and O–H groups in total. The molecule has 1 aliphatic heterocycles. The summed E-state index contributed by atoms with van der Waals surface area (Å²) in [6.45, 7) is 4.23. The molecule has 3 heterocycles. The van der Waals surface area contributed by atoms with E-state index in [0.717, 1.165) is 0 Å². The van der Waals surface area contributed by atoms with Crippen LogP contribution in [0.5, 0.6) is 0 Å². The summed E-state index contributed by atoms with van der Waals surface area (Å²) in [6, 6.07) is 5.43. The number of pyridine rings is 1. The van der Waals surface area contributed by atoms with Gasteiger partial charge in [-0.05, 0) is 26.0 Å². The van der Waals surface area contributed by atoms with Gasteiger partial charge < -0.3 is 15.2 Å². The summed E-state index contributed by atoms with van der Waals surface area (Å²) in [7, 11) is 0.